The van der Waals surface area contributed by atoms with Crippen LogP contribution in [-0.4, -0.2) is 0 Å². The van der Waals surface area contributed by atoms with Gasteiger partial charge in [-0.25, -0.2) is 4.39 Å². The Morgan fingerprint density at radius 1 is 1.00 bits per heavy atom. The van der Waals surface area contributed by atoms with Gasteiger partial charge >= 0.3 is 0 Å². The molecule has 100 valence electrons. The topological polar surface area (TPSA) is 0 Å². The first-order valence-electron chi connectivity index (χ1n) is 6.82. The number of rotatable bonds is 3. The Labute approximate surface area is 115 Å². The van der Waals surface area contributed by atoms with Gasteiger partial charge in [-0.05, 0) is 60.1 Å². The molecule has 0 unspecified atom stereocenters. The van der Waals surface area contributed by atoms with Gasteiger partial charge in [0, 0.05) is 0 Å². The second-order valence-electron chi connectivity index (χ2n) is 5.56. The number of hydrogen-bond acceptors (Lipinski definition) is 0. The molecule has 0 radical (unpaired) electrons. The third kappa shape index (κ3) is 3.04. The predicted octanol–water partition coefficient (Wildman–Crippen LogP) is 5.16. The van der Waals surface area contributed by atoms with Crippen LogP contribution in [-0.2, 0) is 6.42 Å². The summed E-state index contributed by atoms with van der Waals surface area (Å²) < 4.78 is 13.7. The fraction of sp³-hybridized carbons (Fsp3) is 0.333. The van der Waals surface area contributed by atoms with Crippen molar-refractivity contribution in [2.24, 2.45) is 0 Å². The third-order valence-electron chi connectivity index (χ3n) is 3.71. The van der Waals surface area contributed by atoms with Gasteiger partial charge in [0.15, 0.2) is 0 Å². The summed E-state index contributed by atoms with van der Waals surface area (Å²) in [5.74, 6) is 0.123. The first-order valence-corrected chi connectivity index (χ1v) is 6.82. The minimum atomic E-state index is -0.0970. The van der Waals surface area contributed by atoms with Crippen LogP contribution < -0.4 is 0 Å². The van der Waals surface area contributed by atoms with E-state index in [1.165, 1.54) is 22.3 Å². The highest BCUT2D eigenvalue weighted by molar-refractivity contribution is 5.39. The van der Waals surface area contributed by atoms with Crippen LogP contribution in [0.2, 0.25) is 0 Å². The van der Waals surface area contributed by atoms with Gasteiger partial charge in [-0.1, -0.05) is 44.2 Å². The predicted molar refractivity (Wildman–Crippen MR) is 79.2 cm³/mol. The average molecular weight is 256 g/mol. The van der Waals surface area contributed by atoms with Crippen molar-refractivity contribution in [3.8, 4) is 0 Å². The molecule has 0 heterocycles. The normalized spacial score (nSPS) is 11.1. The molecule has 2 aromatic rings. The molecular weight excluding hydrogens is 235 g/mol. The smallest absolute Gasteiger partial charge is 0.126 e. The van der Waals surface area contributed by atoms with Gasteiger partial charge in [0.25, 0.3) is 0 Å². The van der Waals surface area contributed by atoms with Crippen molar-refractivity contribution < 1.29 is 4.39 Å². The van der Waals surface area contributed by atoms with Gasteiger partial charge in [-0.3, -0.25) is 0 Å². The summed E-state index contributed by atoms with van der Waals surface area (Å²) in [5, 5.41) is 0. The van der Waals surface area contributed by atoms with Gasteiger partial charge in [-0.15, -0.1) is 0 Å². The Morgan fingerprint density at radius 3 is 2.21 bits per heavy atom. The molecule has 2 rings (SSSR count). The van der Waals surface area contributed by atoms with E-state index in [2.05, 4.69) is 32.0 Å². The zero-order valence-electron chi connectivity index (χ0n) is 12.1. The van der Waals surface area contributed by atoms with Gasteiger partial charge in [0.1, 0.15) is 5.82 Å². The van der Waals surface area contributed by atoms with Gasteiger partial charge in [0.2, 0.25) is 0 Å². The highest BCUT2D eigenvalue weighted by Crippen LogP contribution is 2.23. The molecule has 0 bridgehead atoms. The van der Waals surface area contributed by atoms with E-state index in [-0.39, 0.29) is 11.7 Å². The van der Waals surface area contributed by atoms with Crippen molar-refractivity contribution in [3.05, 3.63) is 70.0 Å². The third-order valence-corrected chi connectivity index (χ3v) is 3.71. The van der Waals surface area contributed by atoms with E-state index in [1.807, 2.05) is 26.0 Å². The maximum atomic E-state index is 13.7. The monoisotopic (exact) mass is 256 g/mol. The van der Waals surface area contributed by atoms with Crippen LogP contribution in [0.4, 0.5) is 4.39 Å². The molecule has 2 aromatic carbocycles. The van der Waals surface area contributed by atoms with E-state index in [0.717, 1.165) is 12.0 Å². The van der Waals surface area contributed by atoms with E-state index in [9.17, 15) is 4.39 Å². The number of hydrogen-bond donors (Lipinski definition) is 0. The van der Waals surface area contributed by atoms with E-state index < -0.39 is 0 Å². The van der Waals surface area contributed by atoms with Crippen LogP contribution in [0.3, 0.4) is 0 Å². The molecule has 0 spiro atoms. The molecule has 19 heavy (non-hydrogen) atoms. The maximum absolute atomic E-state index is 13.7. The molecule has 1 heteroatoms. The molecule has 0 nitrogen and oxygen atoms in total. The Bertz CT molecular complexity index is 562. The summed E-state index contributed by atoms with van der Waals surface area (Å²) in [6, 6.07) is 11.8. The standard InChI is InChI=1S/C18H21F/c1-12(2)16-10-15(8-9-18(16)19)11-17-13(3)6-5-7-14(17)4/h5-10,12H,11H2,1-4H3. The van der Waals surface area contributed by atoms with Crippen molar-refractivity contribution in [3.63, 3.8) is 0 Å². The Balaban J connectivity index is 2.36. The molecule has 0 fully saturated rings. The van der Waals surface area contributed by atoms with E-state index in [0.29, 0.717) is 0 Å². The van der Waals surface area contributed by atoms with Gasteiger partial charge in [0.05, 0.1) is 0 Å². The molecular formula is C18H21F. The number of halogens is 1. The highest BCUT2D eigenvalue weighted by atomic mass is 19.1. The van der Waals surface area contributed by atoms with Crippen molar-refractivity contribution >= 4 is 0 Å². The molecule has 0 atom stereocenters. The van der Waals surface area contributed by atoms with Crippen LogP contribution in [0.1, 0.15) is 47.6 Å². The van der Waals surface area contributed by atoms with Gasteiger partial charge in [-0.2, -0.15) is 0 Å². The van der Waals surface area contributed by atoms with Crippen LogP contribution in [0.5, 0.6) is 0 Å². The van der Waals surface area contributed by atoms with Crippen molar-refractivity contribution in [2.45, 2.75) is 40.0 Å². The summed E-state index contributed by atoms with van der Waals surface area (Å²) in [4.78, 5) is 0. The van der Waals surface area contributed by atoms with Crippen LogP contribution in [0, 0.1) is 19.7 Å². The first kappa shape index (κ1) is 13.8. The van der Waals surface area contributed by atoms with Gasteiger partial charge < -0.3 is 0 Å². The van der Waals surface area contributed by atoms with Crippen LogP contribution in [0.25, 0.3) is 0 Å². The molecule has 0 aliphatic carbocycles. The first-order chi connectivity index (χ1) is 8.99. The largest absolute Gasteiger partial charge is 0.207 e. The summed E-state index contributed by atoms with van der Waals surface area (Å²) in [5.41, 5.74) is 5.95. The molecule has 0 N–H and O–H groups in total. The highest BCUT2D eigenvalue weighted by Gasteiger charge is 2.09. The SMILES string of the molecule is Cc1cccc(C)c1Cc1ccc(F)c(C(C)C)c1. The minimum Gasteiger partial charge on any atom is -0.207 e. The molecule has 0 aromatic heterocycles. The van der Waals surface area contributed by atoms with Crippen molar-refractivity contribution in [2.75, 3.05) is 0 Å². The summed E-state index contributed by atoms with van der Waals surface area (Å²) in [6.07, 6.45) is 0.874. The lowest BCUT2D eigenvalue weighted by molar-refractivity contribution is 0.597. The lowest BCUT2D eigenvalue weighted by Crippen LogP contribution is -1.99. The lowest BCUT2D eigenvalue weighted by atomic mass is 9.93. The van der Waals surface area contributed by atoms with Crippen molar-refractivity contribution in [1.29, 1.82) is 0 Å². The summed E-state index contributed by atoms with van der Waals surface area (Å²) in [7, 11) is 0. The average Bonchev–Trinajstić information content (AvgIpc) is 2.35. The fourth-order valence-electron chi connectivity index (χ4n) is 2.48. The molecule has 0 amide bonds. The maximum Gasteiger partial charge on any atom is 0.126 e. The molecule has 0 aliphatic rings. The molecule has 0 aliphatic heterocycles. The zero-order valence-corrected chi connectivity index (χ0v) is 12.1. The molecule has 0 saturated heterocycles. The van der Waals surface area contributed by atoms with Crippen LogP contribution in [0.15, 0.2) is 36.4 Å². The Hall–Kier alpha value is -1.63. The molecule has 0 saturated carbocycles. The Morgan fingerprint density at radius 2 is 1.63 bits per heavy atom. The minimum absolute atomic E-state index is 0.0970. The van der Waals surface area contributed by atoms with E-state index in [1.54, 1.807) is 6.07 Å². The van der Waals surface area contributed by atoms with Crippen LogP contribution >= 0.6 is 0 Å². The van der Waals surface area contributed by atoms with Crippen molar-refractivity contribution in [1.82, 2.24) is 0 Å². The fourth-order valence-corrected chi connectivity index (χ4v) is 2.48. The second kappa shape index (κ2) is 5.56. The second-order valence-corrected chi connectivity index (χ2v) is 5.56. The summed E-state index contributed by atoms with van der Waals surface area (Å²) in [6.45, 7) is 8.33. The Kier molecular flexibility index (Phi) is 4.04. The van der Waals surface area contributed by atoms with E-state index >= 15 is 0 Å². The number of aryl methyl sites for hydroxylation is 2. The zero-order chi connectivity index (χ0) is 14.0. The lowest BCUT2D eigenvalue weighted by Gasteiger charge is -2.13. The van der Waals surface area contributed by atoms with E-state index in [4.69, 9.17) is 0 Å². The number of benzene rings is 2. The summed E-state index contributed by atoms with van der Waals surface area (Å²) >= 11 is 0. The quantitative estimate of drug-likeness (QED) is 0.712.